The molecule has 0 radical (unpaired) electrons. The highest BCUT2D eigenvalue weighted by Crippen LogP contribution is 1.99. The van der Waals surface area contributed by atoms with Gasteiger partial charge in [0, 0.05) is 13.7 Å². The summed E-state index contributed by atoms with van der Waals surface area (Å²) in [7, 11) is 1.60. The van der Waals surface area contributed by atoms with E-state index in [9.17, 15) is 4.79 Å². The number of nitrogens with one attached hydrogen (secondary N) is 1. The molecule has 0 aliphatic carbocycles. The van der Waals surface area contributed by atoms with Crippen molar-refractivity contribution in [3.05, 3.63) is 35.9 Å². The number of carbonyl (C=O) groups is 1. The summed E-state index contributed by atoms with van der Waals surface area (Å²) in [5.74, 6) is -0.118. The summed E-state index contributed by atoms with van der Waals surface area (Å²) in [5, 5.41) is 2.68. The van der Waals surface area contributed by atoms with Gasteiger partial charge in [-0.05, 0) is 5.56 Å². The van der Waals surface area contributed by atoms with E-state index in [0.29, 0.717) is 19.8 Å². The van der Waals surface area contributed by atoms with Crippen molar-refractivity contribution in [2.45, 2.75) is 6.61 Å². The first-order valence-electron chi connectivity index (χ1n) is 5.20. The molecule has 0 bridgehead atoms. The van der Waals surface area contributed by atoms with E-state index in [1.165, 1.54) is 0 Å². The van der Waals surface area contributed by atoms with E-state index >= 15 is 0 Å². The summed E-state index contributed by atoms with van der Waals surface area (Å²) >= 11 is 0. The Hall–Kier alpha value is -1.39. The summed E-state index contributed by atoms with van der Waals surface area (Å²) < 4.78 is 10.1. The maximum absolute atomic E-state index is 11.2. The Morgan fingerprint density at radius 2 is 2.06 bits per heavy atom. The van der Waals surface area contributed by atoms with Gasteiger partial charge in [0.25, 0.3) is 0 Å². The molecule has 0 aliphatic rings. The number of rotatable bonds is 7. The van der Waals surface area contributed by atoms with E-state index in [-0.39, 0.29) is 12.5 Å². The third-order valence-corrected chi connectivity index (χ3v) is 1.97. The number of benzene rings is 1. The van der Waals surface area contributed by atoms with Crippen molar-refractivity contribution in [2.24, 2.45) is 0 Å². The lowest BCUT2D eigenvalue weighted by molar-refractivity contribution is -0.126. The van der Waals surface area contributed by atoms with Crippen molar-refractivity contribution in [2.75, 3.05) is 26.9 Å². The molecule has 4 heteroatoms. The highest BCUT2D eigenvalue weighted by molar-refractivity contribution is 5.77. The minimum Gasteiger partial charge on any atom is -0.383 e. The normalized spacial score (nSPS) is 10.1. The second-order valence-corrected chi connectivity index (χ2v) is 3.32. The van der Waals surface area contributed by atoms with Gasteiger partial charge in [0.15, 0.2) is 0 Å². The number of hydrogen-bond donors (Lipinski definition) is 1. The summed E-state index contributed by atoms with van der Waals surface area (Å²) in [4.78, 5) is 11.2. The standard InChI is InChI=1S/C12H17NO3/c1-15-8-7-13-12(14)10-16-9-11-5-3-2-4-6-11/h2-6H,7-10H2,1H3,(H,13,14). The zero-order valence-corrected chi connectivity index (χ0v) is 9.44. The summed E-state index contributed by atoms with van der Waals surface area (Å²) in [6, 6.07) is 9.75. The Morgan fingerprint density at radius 3 is 2.75 bits per heavy atom. The first-order valence-corrected chi connectivity index (χ1v) is 5.20. The van der Waals surface area contributed by atoms with Gasteiger partial charge in [-0.3, -0.25) is 4.79 Å². The van der Waals surface area contributed by atoms with Crippen molar-refractivity contribution in [1.82, 2.24) is 5.32 Å². The lowest BCUT2D eigenvalue weighted by atomic mass is 10.2. The second kappa shape index (κ2) is 7.84. The Balaban J connectivity index is 2.09. The van der Waals surface area contributed by atoms with Crippen molar-refractivity contribution in [1.29, 1.82) is 0 Å². The minimum atomic E-state index is -0.118. The van der Waals surface area contributed by atoms with Crippen LogP contribution in [0.2, 0.25) is 0 Å². The number of amides is 1. The highest BCUT2D eigenvalue weighted by atomic mass is 16.5. The molecular weight excluding hydrogens is 206 g/mol. The van der Waals surface area contributed by atoms with Crippen LogP contribution in [0.3, 0.4) is 0 Å². The van der Waals surface area contributed by atoms with E-state index in [2.05, 4.69) is 5.32 Å². The molecule has 1 amide bonds. The van der Waals surface area contributed by atoms with Gasteiger partial charge in [-0.15, -0.1) is 0 Å². The molecule has 1 N–H and O–H groups in total. The maximum Gasteiger partial charge on any atom is 0.246 e. The van der Waals surface area contributed by atoms with Gasteiger partial charge in [0.05, 0.1) is 13.2 Å². The smallest absolute Gasteiger partial charge is 0.246 e. The van der Waals surface area contributed by atoms with Gasteiger partial charge in [-0.2, -0.15) is 0 Å². The van der Waals surface area contributed by atoms with Crippen LogP contribution in [0.4, 0.5) is 0 Å². The first kappa shape index (κ1) is 12.7. The van der Waals surface area contributed by atoms with Crippen LogP contribution in [-0.4, -0.2) is 32.8 Å². The molecule has 0 saturated carbocycles. The zero-order valence-electron chi connectivity index (χ0n) is 9.44. The molecular formula is C12H17NO3. The number of ether oxygens (including phenoxy) is 2. The third-order valence-electron chi connectivity index (χ3n) is 1.97. The van der Waals surface area contributed by atoms with E-state index in [1.54, 1.807) is 7.11 Å². The molecule has 0 aliphatic heterocycles. The molecule has 88 valence electrons. The summed E-state index contributed by atoms with van der Waals surface area (Å²) in [5.41, 5.74) is 1.06. The Labute approximate surface area is 95.6 Å². The fourth-order valence-electron chi connectivity index (χ4n) is 1.18. The second-order valence-electron chi connectivity index (χ2n) is 3.32. The van der Waals surface area contributed by atoms with Gasteiger partial charge in [0.1, 0.15) is 6.61 Å². The minimum absolute atomic E-state index is 0.0820. The van der Waals surface area contributed by atoms with Crippen molar-refractivity contribution < 1.29 is 14.3 Å². The van der Waals surface area contributed by atoms with E-state index in [1.807, 2.05) is 30.3 Å². The van der Waals surface area contributed by atoms with Gasteiger partial charge < -0.3 is 14.8 Å². The number of carbonyl (C=O) groups excluding carboxylic acids is 1. The molecule has 1 aromatic rings. The quantitative estimate of drug-likeness (QED) is 0.700. The van der Waals surface area contributed by atoms with Gasteiger partial charge in [-0.25, -0.2) is 0 Å². The molecule has 0 unspecified atom stereocenters. The Kier molecular flexibility index (Phi) is 6.22. The SMILES string of the molecule is COCCNC(=O)COCc1ccccc1. The van der Waals surface area contributed by atoms with Gasteiger partial charge in [0.2, 0.25) is 5.91 Å². The number of hydrogen-bond acceptors (Lipinski definition) is 3. The molecule has 0 fully saturated rings. The first-order chi connectivity index (χ1) is 7.83. The fraction of sp³-hybridized carbons (Fsp3) is 0.417. The van der Waals surface area contributed by atoms with Crippen LogP contribution in [0.5, 0.6) is 0 Å². The molecule has 1 rings (SSSR count). The molecule has 4 nitrogen and oxygen atoms in total. The summed E-state index contributed by atoms with van der Waals surface area (Å²) in [6.45, 7) is 1.58. The maximum atomic E-state index is 11.2. The summed E-state index contributed by atoms with van der Waals surface area (Å²) in [6.07, 6.45) is 0. The fourth-order valence-corrected chi connectivity index (χ4v) is 1.18. The van der Waals surface area contributed by atoms with Crippen molar-refractivity contribution in [3.63, 3.8) is 0 Å². The largest absolute Gasteiger partial charge is 0.383 e. The van der Waals surface area contributed by atoms with Crippen LogP contribution in [0.25, 0.3) is 0 Å². The van der Waals surface area contributed by atoms with E-state index in [4.69, 9.17) is 9.47 Å². The van der Waals surface area contributed by atoms with Crippen LogP contribution in [-0.2, 0) is 20.9 Å². The molecule has 1 aromatic carbocycles. The molecule has 0 atom stereocenters. The Bertz CT molecular complexity index is 300. The lowest BCUT2D eigenvalue weighted by Gasteiger charge is -2.05. The topological polar surface area (TPSA) is 47.6 Å². The van der Waals surface area contributed by atoms with Gasteiger partial charge >= 0.3 is 0 Å². The third kappa shape index (κ3) is 5.48. The Morgan fingerprint density at radius 1 is 1.31 bits per heavy atom. The highest BCUT2D eigenvalue weighted by Gasteiger charge is 2.00. The average Bonchev–Trinajstić information content (AvgIpc) is 2.31. The van der Waals surface area contributed by atoms with Crippen LogP contribution in [0.15, 0.2) is 30.3 Å². The van der Waals surface area contributed by atoms with Crippen LogP contribution < -0.4 is 5.32 Å². The van der Waals surface area contributed by atoms with Crippen molar-refractivity contribution in [3.8, 4) is 0 Å². The monoisotopic (exact) mass is 223 g/mol. The van der Waals surface area contributed by atoms with Gasteiger partial charge in [-0.1, -0.05) is 30.3 Å². The molecule has 0 saturated heterocycles. The molecule has 0 spiro atoms. The predicted octanol–water partition coefficient (Wildman–Crippen LogP) is 0.966. The van der Waals surface area contributed by atoms with Crippen molar-refractivity contribution >= 4 is 5.91 Å². The average molecular weight is 223 g/mol. The van der Waals surface area contributed by atoms with E-state index < -0.39 is 0 Å². The number of methoxy groups -OCH3 is 1. The van der Waals surface area contributed by atoms with E-state index in [0.717, 1.165) is 5.56 Å². The molecule has 16 heavy (non-hydrogen) atoms. The van der Waals surface area contributed by atoms with Crippen LogP contribution in [0, 0.1) is 0 Å². The molecule has 0 heterocycles. The zero-order chi connectivity index (χ0) is 11.6. The lowest BCUT2D eigenvalue weighted by Crippen LogP contribution is -2.30. The predicted molar refractivity (Wildman–Crippen MR) is 61.0 cm³/mol. The van der Waals surface area contributed by atoms with Crippen LogP contribution in [0.1, 0.15) is 5.56 Å². The van der Waals surface area contributed by atoms with Crippen LogP contribution >= 0.6 is 0 Å². The molecule has 0 aromatic heterocycles.